The van der Waals surface area contributed by atoms with Gasteiger partial charge in [-0.15, -0.1) is 0 Å². The first-order chi connectivity index (χ1) is 16.0. The van der Waals surface area contributed by atoms with E-state index in [9.17, 15) is 4.79 Å². The number of carbonyl (C=O) groups excluding carboxylic acids is 1. The monoisotopic (exact) mass is 451 g/mol. The van der Waals surface area contributed by atoms with Crippen molar-refractivity contribution in [1.82, 2.24) is 25.0 Å². The van der Waals surface area contributed by atoms with Gasteiger partial charge in [0.25, 0.3) is 0 Å². The lowest BCUT2D eigenvalue weighted by Crippen LogP contribution is -2.37. The summed E-state index contributed by atoms with van der Waals surface area (Å²) >= 11 is 0. The molecule has 0 radical (unpaired) electrons. The van der Waals surface area contributed by atoms with E-state index in [2.05, 4.69) is 34.5 Å². The molecule has 0 fully saturated rings. The molecule has 2 aromatic carbocycles. The van der Waals surface area contributed by atoms with Gasteiger partial charge in [0, 0.05) is 12.6 Å². The summed E-state index contributed by atoms with van der Waals surface area (Å²) in [4.78, 5) is 18.5. The summed E-state index contributed by atoms with van der Waals surface area (Å²) in [5.74, 6) is 1.49. The number of rotatable bonds is 12. The van der Waals surface area contributed by atoms with E-state index in [1.807, 2.05) is 56.1 Å². The Morgan fingerprint density at radius 3 is 2.48 bits per heavy atom. The minimum Gasteiger partial charge on any atom is -0.490 e. The zero-order chi connectivity index (χ0) is 23.6. The average molecular weight is 452 g/mol. The maximum absolute atomic E-state index is 12.5. The summed E-state index contributed by atoms with van der Waals surface area (Å²) < 4.78 is 13.0. The third kappa shape index (κ3) is 6.79. The largest absolute Gasteiger partial charge is 0.490 e. The van der Waals surface area contributed by atoms with Gasteiger partial charge in [-0.1, -0.05) is 18.2 Å². The molecule has 0 saturated carbocycles. The Morgan fingerprint density at radius 2 is 1.82 bits per heavy atom. The Morgan fingerprint density at radius 1 is 1.09 bits per heavy atom. The van der Waals surface area contributed by atoms with Gasteiger partial charge in [0.05, 0.1) is 25.4 Å². The Labute approximate surface area is 195 Å². The summed E-state index contributed by atoms with van der Waals surface area (Å²) in [6.07, 6.45) is 3.90. The minimum atomic E-state index is -0.000413. The van der Waals surface area contributed by atoms with Gasteiger partial charge in [0.1, 0.15) is 12.7 Å². The van der Waals surface area contributed by atoms with Gasteiger partial charge < -0.3 is 14.8 Å². The lowest BCUT2D eigenvalue weighted by molar-refractivity contribution is -0.122. The zero-order valence-corrected chi connectivity index (χ0v) is 19.8. The van der Waals surface area contributed by atoms with E-state index in [-0.39, 0.29) is 11.9 Å². The fraction of sp³-hybridized carbons (Fsp3) is 0.400. The molecule has 0 aliphatic heterocycles. The zero-order valence-electron chi connectivity index (χ0n) is 19.8. The Balaban J connectivity index is 1.47. The molecular weight excluding hydrogens is 418 g/mol. The van der Waals surface area contributed by atoms with Gasteiger partial charge in [-0.2, -0.15) is 5.10 Å². The van der Waals surface area contributed by atoms with Crippen molar-refractivity contribution in [1.29, 1.82) is 0 Å². The van der Waals surface area contributed by atoms with Crippen molar-refractivity contribution < 1.29 is 14.3 Å². The number of nitrogens with zero attached hydrogens (tertiary/aromatic N) is 4. The Hall–Kier alpha value is -3.39. The summed E-state index contributed by atoms with van der Waals surface area (Å²) in [7, 11) is 1.95. The van der Waals surface area contributed by atoms with Crippen molar-refractivity contribution in [3.63, 3.8) is 0 Å². The molecule has 8 nitrogen and oxygen atoms in total. The molecule has 0 spiro atoms. The smallest absolute Gasteiger partial charge is 0.234 e. The topological polar surface area (TPSA) is 81.5 Å². The van der Waals surface area contributed by atoms with Crippen molar-refractivity contribution in [2.24, 2.45) is 0 Å². The molecule has 0 aliphatic rings. The molecule has 3 aromatic rings. The van der Waals surface area contributed by atoms with Crippen LogP contribution in [0.2, 0.25) is 0 Å². The molecule has 0 bridgehead atoms. The van der Waals surface area contributed by atoms with E-state index in [1.165, 1.54) is 6.33 Å². The van der Waals surface area contributed by atoms with Gasteiger partial charge in [-0.3, -0.25) is 9.69 Å². The van der Waals surface area contributed by atoms with Crippen molar-refractivity contribution in [3.05, 3.63) is 66.2 Å². The van der Waals surface area contributed by atoms with Crippen molar-refractivity contribution in [2.75, 3.05) is 33.4 Å². The first-order valence-corrected chi connectivity index (χ1v) is 11.3. The highest BCUT2D eigenvalue weighted by Crippen LogP contribution is 2.28. The molecule has 8 heteroatoms. The quantitative estimate of drug-likeness (QED) is 0.454. The molecule has 33 heavy (non-hydrogen) atoms. The molecular formula is C25H33N5O3. The summed E-state index contributed by atoms with van der Waals surface area (Å²) in [6, 6.07) is 14.1. The molecule has 0 unspecified atom stereocenters. The number of carbonyl (C=O) groups is 1. The van der Waals surface area contributed by atoms with Crippen LogP contribution in [0.15, 0.2) is 55.1 Å². The maximum atomic E-state index is 12.5. The van der Waals surface area contributed by atoms with Crippen LogP contribution >= 0.6 is 0 Å². The molecule has 0 aliphatic carbocycles. The third-order valence-electron chi connectivity index (χ3n) is 5.46. The molecule has 176 valence electrons. The van der Waals surface area contributed by atoms with E-state index in [0.29, 0.717) is 26.3 Å². The number of ether oxygens (including phenoxy) is 2. The van der Waals surface area contributed by atoms with Crippen molar-refractivity contribution in [2.45, 2.75) is 33.2 Å². The molecule has 1 N–H and O–H groups in total. The van der Waals surface area contributed by atoms with E-state index in [1.54, 1.807) is 11.0 Å². The summed E-state index contributed by atoms with van der Waals surface area (Å²) in [6.45, 7) is 8.04. The number of hydrogen-bond acceptors (Lipinski definition) is 6. The fourth-order valence-corrected chi connectivity index (χ4v) is 3.52. The maximum Gasteiger partial charge on any atom is 0.234 e. The van der Waals surface area contributed by atoms with Crippen molar-refractivity contribution in [3.8, 4) is 17.2 Å². The van der Waals surface area contributed by atoms with Crippen LogP contribution in [0.1, 0.15) is 37.9 Å². The van der Waals surface area contributed by atoms with Crippen LogP contribution in [-0.4, -0.2) is 58.9 Å². The van der Waals surface area contributed by atoms with E-state index in [0.717, 1.165) is 34.7 Å². The summed E-state index contributed by atoms with van der Waals surface area (Å²) in [5.41, 5.74) is 3.18. The first kappa shape index (κ1) is 24.3. The number of hydrogen-bond donors (Lipinski definition) is 1. The normalized spacial score (nSPS) is 11.9. The van der Waals surface area contributed by atoms with E-state index >= 15 is 0 Å². The molecule has 1 heterocycles. The molecule has 1 amide bonds. The van der Waals surface area contributed by atoms with Crippen LogP contribution < -0.4 is 14.8 Å². The molecule has 1 atom stereocenters. The van der Waals surface area contributed by atoms with Crippen LogP contribution in [0.4, 0.5) is 0 Å². The number of amides is 1. The highest BCUT2D eigenvalue weighted by molar-refractivity contribution is 5.78. The molecule has 1 aromatic heterocycles. The predicted octanol–water partition coefficient (Wildman–Crippen LogP) is 3.42. The summed E-state index contributed by atoms with van der Waals surface area (Å²) in [5, 5.41) is 7.16. The second-order valence-electron chi connectivity index (χ2n) is 7.77. The first-order valence-electron chi connectivity index (χ1n) is 11.3. The standard InChI is InChI=1S/C25H33N5O3/c1-5-32-23-12-7-20(15-24(23)33-6-2)13-14-27-25(31)16-29(4)19(3)21-8-10-22(11-9-21)30-18-26-17-28-30/h7-12,15,17-19H,5-6,13-14,16H2,1-4H3,(H,27,31)/t19-/m1/s1. The van der Waals surface area contributed by atoms with Crippen LogP contribution in [0.5, 0.6) is 11.5 Å². The number of nitrogens with one attached hydrogen (secondary N) is 1. The van der Waals surface area contributed by atoms with Crippen molar-refractivity contribution >= 4 is 5.91 Å². The van der Waals surface area contributed by atoms with Crippen LogP contribution in [0, 0.1) is 0 Å². The number of likely N-dealkylation sites (N-methyl/N-ethyl adjacent to an activating group) is 1. The lowest BCUT2D eigenvalue weighted by atomic mass is 10.1. The highest BCUT2D eigenvalue weighted by atomic mass is 16.5. The number of benzene rings is 2. The van der Waals surface area contributed by atoms with Crippen LogP contribution in [0.25, 0.3) is 5.69 Å². The third-order valence-corrected chi connectivity index (χ3v) is 5.46. The molecule has 3 rings (SSSR count). The second-order valence-corrected chi connectivity index (χ2v) is 7.77. The Bertz CT molecular complexity index is 1010. The highest BCUT2D eigenvalue weighted by Gasteiger charge is 2.15. The van der Waals surface area contributed by atoms with Crippen LogP contribution in [0.3, 0.4) is 0 Å². The molecule has 0 saturated heterocycles. The van der Waals surface area contributed by atoms with Gasteiger partial charge in [-0.25, -0.2) is 9.67 Å². The minimum absolute atomic E-state index is 0.000413. The second kappa shape index (κ2) is 12.0. The predicted molar refractivity (Wildman–Crippen MR) is 128 cm³/mol. The van der Waals surface area contributed by atoms with E-state index in [4.69, 9.17) is 9.47 Å². The van der Waals surface area contributed by atoms with Gasteiger partial charge in [-0.05, 0) is 69.6 Å². The van der Waals surface area contributed by atoms with Crippen LogP contribution in [-0.2, 0) is 11.2 Å². The van der Waals surface area contributed by atoms with E-state index < -0.39 is 0 Å². The van der Waals surface area contributed by atoms with Gasteiger partial charge in [0.2, 0.25) is 5.91 Å². The lowest BCUT2D eigenvalue weighted by Gasteiger charge is -2.24. The SMILES string of the molecule is CCOc1ccc(CCNC(=O)CN(C)[C@H](C)c2ccc(-n3cncn3)cc2)cc1OCC. The number of aromatic nitrogens is 3. The van der Waals surface area contributed by atoms with Gasteiger partial charge >= 0.3 is 0 Å². The van der Waals surface area contributed by atoms with Gasteiger partial charge in [0.15, 0.2) is 11.5 Å². The Kier molecular flexibility index (Phi) is 8.83. The fourth-order valence-electron chi connectivity index (χ4n) is 3.52. The average Bonchev–Trinajstić information content (AvgIpc) is 3.35.